The van der Waals surface area contributed by atoms with Crippen molar-refractivity contribution >= 4 is 17.0 Å². The van der Waals surface area contributed by atoms with E-state index in [2.05, 4.69) is 14.7 Å². The summed E-state index contributed by atoms with van der Waals surface area (Å²) in [6, 6.07) is 10.3. The first-order valence-electron chi connectivity index (χ1n) is 9.19. The second kappa shape index (κ2) is 7.73. The maximum atomic E-state index is 12.6. The van der Waals surface area contributed by atoms with Crippen LogP contribution in [0, 0.1) is 0 Å². The molecule has 0 atom stereocenters. The molecule has 9 heteroatoms. The van der Waals surface area contributed by atoms with E-state index in [-0.39, 0.29) is 17.7 Å². The number of aromatic nitrogens is 2. The standard InChI is InChI=1S/C20H18F3N3O3/c21-20(22,23)12-28-17-6-5-14(11-24-17)19(27)26-9-7-13(8-10-26)18-25-15-3-1-2-4-16(15)29-18/h1-6,11,13H,7-10,12H2. The number of piperidine rings is 1. The maximum Gasteiger partial charge on any atom is 0.422 e. The van der Waals surface area contributed by atoms with Gasteiger partial charge in [-0.05, 0) is 31.0 Å². The van der Waals surface area contributed by atoms with Gasteiger partial charge in [-0.25, -0.2) is 9.97 Å². The molecule has 0 N–H and O–H groups in total. The van der Waals surface area contributed by atoms with E-state index < -0.39 is 12.8 Å². The summed E-state index contributed by atoms with van der Waals surface area (Å²) in [4.78, 5) is 22.7. The molecule has 1 amide bonds. The van der Waals surface area contributed by atoms with Crippen LogP contribution in [0.25, 0.3) is 11.1 Å². The lowest BCUT2D eigenvalue weighted by atomic mass is 9.96. The van der Waals surface area contributed by atoms with Gasteiger partial charge < -0.3 is 14.1 Å². The quantitative estimate of drug-likeness (QED) is 0.651. The van der Waals surface area contributed by atoms with Crippen molar-refractivity contribution in [3.8, 4) is 5.88 Å². The number of hydrogen-bond acceptors (Lipinski definition) is 5. The molecular formula is C20H18F3N3O3. The molecule has 1 aromatic carbocycles. The summed E-state index contributed by atoms with van der Waals surface area (Å²) in [7, 11) is 0. The Balaban J connectivity index is 1.35. The zero-order chi connectivity index (χ0) is 20.4. The number of para-hydroxylation sites is 2. The van der Waals surface area contributed by atoms with Gasteiger partial charge in [0.15, 0.2) is 18.1 Å². The highest BCUT2D eigenvalue weighted by Crippen LogP contribution is 2.30. The Morgan fingerprint density at radius 2 is 1.93 bits per heavy atom. The fraction of sp³-hybridized carbons (Fsp3) is 0.350. The molecule has 1 aliphatic heterocycles. The minimum absolute atomic E-state index is 0.141. The van der Waals surface area contributed by atoms with Crippen LogP contribution < -0.4 is 4.74 Å². The third-order valence-electron chi connectivity index (χ3n) is 4.81. The lowest BCUT2D eigenvalue weighted by molar-refractivity contribution is -0.154. The number of hydrogen-bond donors (Lipinski definition) is 0. The number of fused-ring (bicyclic) bond motifs is 1. The molecule has 0 saturated carbocycles. The van der Waals surface area contributed by atoms with Gasteiger partial charge in [-0.15, -0.1) is 0 Å². The highest BCUT2D eigenvalue weighted by molar-refractivity contribution is 5.94. The largest absolute Gasteiger partial charge is 0.468 e. The van der Waals surface area contributed by atoms with Crippen molar-refractivity contribution in [2.45, 2.75) is 24.9 Å². The average molecular weight is 405 g/mol. The Kier molecular flexibility index (Phi) is 5.12. The highest BCUT2D eigenvalue weighted by atomic mass is 19.4. The fourth-order valence-corrected chi connectivity index (χ4v) is 3.32. The molecule has 0 bridgehead atoms. The highest BCUT2D eigenvalue weighted by Gasteiger charge is 2.29. The normalized spacial score (nSPS) is 15.6. The Morgan fingerprint density at radius 1 is 1.17 bits per heavy atom. The molecule has 2 aromatic heterocycles. The molecule has 3 heterocycles. The Morgan fingerprint density at radius 3 is 2.59 bits per heavy atom. The van der Waals surface area contributed by atoms with Crippen LogP contribution in [-0.4, -0.2) is 46.6 Å². The average Bonchev–Trinajstić information content (AvgIpc) is 3.16. The molecule has 0 spiro atoms. The van der Waals surface area contributed by atoms with Crippen LogP contribution in [0.15, 0.2) is 47.0 Å². The minimum Gasteiger partial charge on any atom is -0.468 e. The van der Waals surface area contributed by atoms with Crippen LogP contribution in [-0.2, 0) is 0 Å². The molecule has 29 heavy (non-hydrogen) atoms. The lowest BCUT2D eigenvalue weighted by Gasteiger charge is -2.30. The van der Waals surface area contributed by atoms with Gasteiger partial charge in [-0.1, -0.05) is 12.1 Å². The van der Waals surface area contributed by atoms with Crippen LogP contribution in [0.2, 0.25) is 0 Å². The summed E-state index contributed by atoms with van der Waals surface area (Å²) < 4.78 is 46.9. The molecule has 3 aromatic rings. The number of nitrogens with zero attached hydrogens (tertiary/aromatic N) is 3. The Hall–Kier alpha value is -3.10. The number of likely N-dealkylation sites (tertiary alicyclic amines) is 1. The number of carbonyl (C=O) groups is 1. The van der Waals surface area contributed by atoms with Gasteiger partial charge in [-0.3, -0.25) is 4.79 Å². The fourth-order valence-electron chi connectivity index (χ4n) is 3.32. The smallest absolute Gasteiger partial charge is 0.422 e. The SMILES string of the molecule is O=C(c1ccc(OCC(F)(F)F)nc1)N1CCC(c2nc3ccccc3o2)CC1. The number of pyridine rings is 1. The number of oxazole rings is 1. The first-order chi connectivity index (χ1) is 13.9. The number of benzene rings is 1. The first kappa shape index (κ1) is 19.2. The predicted octanol–water partition coefficient (Wildman–Crippen LogP) is 4.18. The number of ether oxygens (including phenoxy) is 1. The molecule has 6 nitrogen and oxygen atoms in total. The summed E-state index contributed by atoms with van der Waals surface area (Å²) in [5.74, 6) is 0.443. The number of halogens is 3. The van der Waals surface area contributed by atoms with Gasteiger partial charge in [0.25, 0.3) is 5.91 Å². The zero-order valence-electron chi connectivity index (χ0n) is 15.4. The van der Waals surface area contributed by atoms with Crippen molar-refractivity contribution in [3.63, 3.8) is 0 Å². The second-order valence-corrected chi connectivity index (χ2v) is 6.88. The van der Waals surface area contributed by atoms with E-state index in [9.17, 15) is 18.0 Å². The summed E-state index contributed by atoms with van der Waals surface area (Å²) in [5, 5.41) is 0. The van der Waals surface area contributed by atoms with Gasteiger partial charge in [0.2, 0.25) is 5.88 Å². The van der Waals surface area contributed by atoms with E-state index in [0.717, 1.165) is 23.9 Å². The topological polar surface area (TPSA) is 68.5 Å². The molecule has 0 radical (unpaired) electrons. The van der Waals surface area contributed by atoms with E-state index in [4.69, 9.17) is 4.42 Å². The molecule has 1 fully saturated rings. The van der Waals surface area contributed by atoms with Crippen LogP contribution in [0.1, 0.15) is 35.0 Å². The molecule has 4 rings (SSSR count). The monoisotopic (exact) mass is 405 g/mol. The summed E-state index contributed by atoms with van der Waals surface area (Å²) in [6.45, 7) is -0.347. The van der Waals surface area contributed by atoms with Crippen LogP contribution in [0.4, 0.5) is 13.2 Å². The molecular weight excluding hydrogens is 387 g/mol. The van der Waals surface area contributed by atoms with E-state index in [1.54, 1.807) is 4.90 Å². The predicted molar refractivity (Wildman–Crippen MR) is 97.7 cm³/mol. The summed E-state index contributed by atoms with van der Waals surface area (Å²) >= 11 is 0. The van der Waals surface area contributed by atoms with Crippen LogP contribution >= 0.6 is 0 Å². The van der Waals surface area contributed by atoms with Crippen molar-refractivity contribution in [1.29, 1.82) is 0 Å². The van der Waals surface area contributed by atoms with Gasteiger partial charge in [0.1, 0.15) is 5.52 Å². The number of rotatable bonds is 4. The van der Waals surface area contributed by atoms with Gasteiger partial charge in [0, 0.05) is 31.3 Å². The van der Waals surface area contributed by atoms with Crippen molar-refractivity contribution in [2.75, 3.05) is 19.7 Å². The Labute approximate surface area is 164 Å². The molecule has 0 unspecified atom stereocenters. The molecule has 1 saturated heterocycles. The Bertz CT molecular complexity index is 960. The second-order valence-electron chi connectivity index (χ2n) is 6.88. The summed E-state index contributed by atoms with van der Waals surface area (Å²) in [5.41, 5.74) is 1.88. The van der Waals surface area contributed by atoms with Gasteiger partial charge >= 0.3 is 6.18 Å². The lowest BCUT2D eigenvalue weighted by Crippen LogP contribution is -2.38. The molecule has 1 aliphatic rings. The van der Waals surface area contributed by atoms with Crippen molar-refractivity contribution in [2.24, 2.45) is 0 Å². The number of alkyl halides is 3. The minimum atomic E-state index is -4.44. The molecule has 0 aliphatic carbocycles. The van der Waals surface area contributed by atoms with Crippen LogP contribution in [0.5, 0.6) is 5.88 Å². The van der Waals surface area contributed by atoms with E-state index in [0.29, 0.717) is 24.5 Å². The van der Waals surface area contributed by atoms with Crippen molar-refractivity contribution in [1.82, 2.24) is 14.9 Å². The third-order valence-corrected chi connectivity index (χ3v) is 4.81. The van der Waals surface area contributed by atoms with Crippen molar-refractivity contribution < 1.29 is 27.1 Å². The van der Waals surface area contributed by atoms with Gasteiger partial charge in [-0.2, -0.15) is 13.2 Å². The summed E-state index contributed by atoms with van der Waals surface area (Å²) in [6.07, 6.45) is -1.76. The van der Waals surface area contributed by atoms with Crippen LogP contribution in [0.3, 0.4) is 0 Å². The van der Waals surface area contributed by atoms with E-state index in [1.807, 2.05) is 24.3 Å². The third kappa shape index (κ3) is 4.49. The van der Waals surface area contributed by atoms with E-state index in [1.165, 1.54) is 18.3 Å². The number of carbonyl (C=O) groups excluding carboxylic acids is 1. The maximum absolute atomic E-state index is 12.6. The zero-order valence-corrected chi connectivity index (χ0v) is 15.4. The van der Waals surface area contributed by atoms with E-state index >= 15 is 0 Å². The van der Waals surface area contributed by atoms with Gasteiger partial charge in [0.05, 0.1) is 5.56 Å². The number of amides is 1. The first-order valence-corrected chi connectivity index (χ1v) is 9.19. The molecule has 152 valence electrons. The van der Waals surface area contributed by atoms with Crippen molar-refractivity contribution in [3.05, 3.63) is 54.0 Å².